The number of ether oxygens (including phenoxy) is 1. The van der Waals surface area contributed by atoms with Crippen LogP contribution < -0.4 is 4.90 Å². The number of hydrogen-bond acceptors (Lipinski definition) is 4. The summed E-state index contributed by atoms with van der Waals surface area (Å²) in [5, 5.41) is 6.23. The van der Waals surface area contributed by atoms with Crippen molar-refractivity contribution in [3.05, 3.63) is 76.3 Å². The van der Waals surface area contributed by atoms with E-state index in [0.717, 1.165) is 26.6 Å². The van der Waals surface area contributed by atoms with Gasteiger partial charge in [-0.2, -0.15) is 23.3 Å². The maximum absolute atomic E-state index is 13.5. The van der Waals surface area contributed by atoms with Gasteiger partial charge in [-0.25, -0.2) is 9.69 Å². The van der Waals surface area contributed by atoms with Gasteiger partial charge in [-0.1, -0.05) is 50.2 Å². The lowest BCUT2D eigenvalue weighted by Gasteiger charge is -2.39. The predicted octanol–water partition coefficient (Wildman–Crippen LogP) is 6.26. The van der Waals surface area contributed by atoms with Crippen LogP contribution in [0.1, 0.15) is 43.4 Å². The van der Waals surface area contributed by atoms with Crippen LogP contribution in [-0.4, -0.2) is 41.2 Å². The summed E-state index contributed by atoms with van der Waals surface area (Å²) in [6.07, 6.45) is -4.38. The quantitative estimate of drug-likeness (QED) is 0.438. The van der Waals surface area contributed by atoms with E-state index in [1.54, 1.807) is 13.0 Å². The van der Waals surface area contributed by atoms with E-state index in [9.17, 15) is 22.8 Å². The van der Waals surface area contributed by atoms with E-state index in [0.29, 0.717) is 23.6 Å². The van der Waals surface area contributed by atoms with Gasteiger partial charge in [0.1, 0.15) is 18.0 Å². The first kappa shape index (κ1) is 25.9. The number of fused-ring (bicyclic) bond motifs is 3. The van der Waals surface area contributed by atoms with E-state index in [-0.39, 0.29) is 24.4 Å². The summed E-state index contributed by atoms with van der Waals surface area (Å²) in [6, 6.07) is 9.73. The lowest BCUT2D eigenvalue weighted by molar-refractivity contribution is -0.127. The van der Waals surface area contributed by atoms with Crippen LogP contribution >= 0.6 is 11.6 Å². The minimum Gasteiger partial charge on any atom is -0.341 e. The van der Waals surface area contributed by atoms with Crippen LogP contribution in [-0.2, 0) is 22.4 Å². The Morgan fingerprint density at radius 2 is 1.86 bits per heavy atom. The average molecular weight is 520 g/mol. The van der Waals surface area contributed by atoms with E-state index in [1.807, 2.05) is 19.1 Å². The summed E-state index contributed by atoms with van der Waals surface area (Å²) in [5.74, 6) is -0.530. The minimum absolute atomic E-state index is 0.000772. The highest BCUT2D eigenvalue weighted by Crippen LogP contribution is 2.42. The van der Waals surface area contributed by atoms with Crippen molar-refractivity contribution < 1.29 is 27.5 Å². The number of imide groups is 1. The summed E-state index contributed by atoms with van der Waals surface area (Å²) in [5.41, 5.74) is 2.23. The molecule has 1 aliphatic heterocycles. The van der Waals surface area contributed by atoms with Crippen molar-refractivity contribution in [1.82, 2.24) is 5.01 Å². The second-order valence-corrected chi connectivity index (χ2v) is 9.14. The SMILES string of the molecule is C=C(CC)C12Cc3cc(Cl)ccc3C1=NN(C(=O)N(C(=O)CC)c1ccc(CC(F)(F)F)cc1)CO2. The second kappa shape index (κ2) is 9.71. The Labute approximate surface area is 212 Å². The number of anilines is 1. The van der Waals surface area contributed by atoms with Crippen molar-refractivity contribution in [3.8, 4) is 0 Å². The molecule has 3 amide bonds. The topological polar surface area (TPSA) is 62.2 Å². The number of carbonyl (C=O) groups excluding carboxylic acids is 2. The minimum atomic E-state index is -4.37. The van der Waals surface area contributed by atoms with Gasteiger partial charge in [0.2, 0.25) is 5.91 Å². The molecule has 1 aliphatic carbocycles. The highest BCUT2D eigenvalue weighted by molar-refractivity contribution is 6.31. The fourth-order valence-corrected chi connectivity index (χ4v) is 4.69. The molecular weight excluding hydrogens is 495 g/mol. The molecule has 190 valence electrons. The summed E-state index contributed by atoms with van der Waals surface area (Å²) in [4.78, 5) is 27.2. The van der Waals surface area contributed by atoms with Gasteiger partial charge in [0.15, 0.2) is 0 Å². The largest absolute Gasteiger partial charge is 0.393 e. The van der Waals surface area contributed by atoms with E-state index >= 15 is 0 Å². The lowest BCUT2D eigenvalue weighted by atomic mass is 9.87. The summed E-state index contributed by atoms with van der Waals surface area (Å²) >= 11 is 6.19. The number of carbonyl (C=O) groups is 2. The number of amides is 3. The van der Waals surface area contributed by atoms with Crippen molar-refractivity contribution in [2.45, 2.75) is 51.3 Å². The van der Waals surface area contributed by atoms with E-state index in [1.165, 1.54) is 24.3 Å². The molecule has 0 fully saturated rings. The lowest BCUT2D eigenvalue weighted by Crippen LogP contribution is -2.53. The number of halogens is 4. The maximum Gasteiger partial charge on any atom is 0.393 e. The van der Waals surface area contributed by atoms with Gasteiger partial charge in [0.05, 0.1) is 12.1 Å². The van der Waals surface area contributed by atoms with E-state index in [2.05, 4.69) is 11.7 Å². The molecule has 0 saturated carbocycles. The number of hydrazone groups is 1. The molecule has 6 nitrogen and oxygen atoms in total. The first-order valence-corrected chi connectivity index (χ1v) is 11.9. The van der Waals surface area contributed by atoms with Crippen LogP contribution in [0.15, 0.2) is 59.7 Å². The molecule has 1 unspecified atom stereocenters. The van der Waals surface area contributed by atoms with Gasteiger partial charge in [-0.3, -0.25) is 4.79 Å². The molecule has 0 spiro atoms. The summed E-state index contributed by atoms with van der Waals surface area (Å²) in [7, 11) is 0. The van der Waals surface area contributed by atoms with Crippen molar-refractivity contribution in [2.75, 3.05) is 11.6 Å². The molecule has 36 heavy (non-hydrogen) atoms. The fourth-order valence-electron chi connectivity index (χ4n) is 4.49. The Bertz CT molecular complexity index is 1240. The Morgan fingerprint density at radius 1 is 1.17 bits per heavy atom. The molecule has 1 heterocycles. The van der Waals surface area contributed by atoms with Crippen LogP contribution in [0.2, 0.25) is 5.02 Å². The molecule has 4 rings (SSSR count). The van der Waals surface area contributed by atoms with Crippen LogP contribution in [0.25, 0.3) is 0 Å². The smallest absolute Gasteiger partial charge is 0.341 e. The number of hydrogen-bond donors (Lipinski definition) is 0. The third-order valence-corrected chi connectivity index (χ3v) is 6.59. The van der Waals surface area contributed by atoms with Crippen LogP contribution in [0, 0.1) is 0 Å². The van der Waals surface area contributed by atoms with Crippen molar-refractivity contribution >= 4 is 34.9 Å². The normalized spacial score (nSPS) is 18.8. The van der Waals surface area contributed by atoms with Crippen LogP contribution in [0.3, 0.4) is 0 Å². The maximum atomic E-state index is 13.5. The zero-order valence-corrected chi connectivity index (χ0v) is 20.6. The molecule has 0 radical (unpaired) electrons. The highest BCUT2D eigenvalue weighted by Gasteiger charge is 2.50. The molecule has 0 N–H and O–H groups in total. The van der Waals surface area contributed by atoms with Gasteiger partial charge >= 0.3 is 12.2 Å². The van der Waals surface area contributed by atoms with Crippen molar-refractivity contribution in [2.24, 2.45) is 5.10 Å². The van der Waals surface area contributed by atoms with Gasteiger partial charge in [-0.05, 0) is 47.4 Å². The third kappa shape index (κ3) is 4.77. The van der Waals surface area contributed by atoms with Gasteiger partial charge in [0.25, 0.3) is 0 Å². The number of rotatable bonds is 5. The standard InChI is InChI=1S/C26H25ClF3N3O3/c1-4-16(3)25-14-18-12-19(27)8-11-21(18)23(25)31-32(15-36-25)24(35)33(22(34)5-2)20-9-6-17(7-10-20)13-26(28,29)30/h6-12H,3-5,13-15H2,1-2H3. The molecule has 0 bridgehead atoms. The molecule has 0 saturated heterocycles. The number of urea groups is 1. The Balaban J connectivity index is 1.70. The van der Waals surface area contributed by atoms with Crippen LogP contribution in [0.4, 0.5) is 23.7 Å². The molecule has 2 aliphatic rings. The van der Waals surface area contributed by atoms with Crippen LogP contribution in [0.5, 0.6) is 0 Å². The second-order valence-electron chi connectivity index (χ2n) is 8.71. The number of alkyl halides is 3. The summed E-state index contributed by atoms with van der Waals surface area (Å²) in [6.45, 7) is 7.49. The predicted molar refractivity (Wildman–Crippen MR) is 131 cm³/mol. The highest BCUT2D eigenvalue weighted by atomic mass is 35.5. The molecule has 1 atom stereocenters. The Morgan fingerprint density at radius 3 is 2.47 bits per heavy atom. The zero-order chi connectivity index (χ0) is 26.3. The van der Waals surface area contributed by atoms with Gasteiger partial charge in [-0.15, -0.1) is 0 Å². The van der Waals surface area contributed by atoms with E-state index in [4.69, 9.17) is 16.3 Å². The van der Waals surface area contributed by atoms with Crippen molar-refractivity contribution in [3.63, 3.8) is 0 Å². The molecule has 2 aromatic carbocycles. The zero-order valence-electron chi connectivity index (χ0n) is 19.9. The molecule has 0 aromatic heterocycles. The number of nitrogens with zero attached hydrogens (tertiary/aromatic N) is 3. The Hall–Kier alpha value is -3.17. The monoisotopic (exact) mass is 519 g/mol. The number of benzene rings is 2. The fraction of sp³-hybridized carbons (Fsp3) is 0.346. The molecule has 10 heteroatoms. The third-order valence-electron chi connectivity index (χ3n) is 6.36. The first-order valence-electron chi connectivity index (χ1n) is 11.5. The average Bonchev–Trinajstić information content (AvgIpc) is 3.17. The van der Waals surface area contributed by atoms with Gasteiger partial charge in [0, 0.05) is 23.4 Å². The van der Waals surface area contributed by atoms with Crippen molar-refractivity contribution in [1.29, 1.82) is 0 Å². The summed E-state index contributed by atoms with van der Waals surface area (Å²) < 4.78 is 44.4. The van der Waals surface area contributed by atoms with E-state index < -0.39 is 30.1 Å². The Kier molecular flexibility index (Phi) is 6.99. The van der Waals surface area contributed by atoms with Gasteiger partial charge < -0.3 is 4.74 Å². The first-order chi connectivity index (χ1) is 17.0. The molecular formula is C26H25ClF3N3O3. The molecule has 2 aromatic rings.